The number of hydrogen-bond donors (Lipinski definition) is 0. The van der Waals surface area contributed by atoms with Crippen LogP contribution in [0, 0.1) is 11.7 Å². The predicted octanol–water partition coefficient (Wildman–Crippen LogP) is 5.85. The van der Waals surface area contributed by atoms with E-state index >= 15 is 4.39 Å². The van der Waals surface area contributed by atoms with E-state index in [2.05, 4.69) is 69.3 Å². The van der Waals surface area contributed by atoms with Gasteiger partial charge in [0.2, 0.25) is 5.91 Å². The maximum atomic E-state index is 15.0. The summed E-state index contributed by atoms with van der Waals surface area (Å²) < 4.78 is 27.7. The second-order valence-corrected chi connectivity index (χ2v) is 17.2. The number of amides is 1. The molecule has 1 amide bonds. The molecule has 210 valence electrons. The number of benzene rings is 3. The van der Waals surface area contributed by atoms with Gasteiger partial charge in [0, 0.05) is 11.7 Å². The van der Waals surface area contributed by atoms with Crippen molar-refractivity contribution in [2.24, 2.45) is 5.92 Å². The Balaban J connectivity index is 1.43. The van der Waals surface area contributed by atoms with Crippen LogP contribution in [-0.4, -0.2) is 37.9 Å². The summed E-state index contributed by atoms with van der Waals surface area (Å²) in [5.74, 6) is -1.77. The summed E-state index contributed by atoms with van der Waals surface area (Å²) in [5, 5.41) is 2.17. The van der Waals surface area contributed by atoms with Crippen LogP contribution in [0.15, 0.2) is 78.9 Å². The fourth-order valence-corrected chi connectivity index (χ4v) is 11.1. The first-order valence-electron chi connectivity index (χ1n) is 14.0. The van der Waals surface area contributed by atoms with Crippen molar-refractivity contribution in [3.05, 3.63) is 90.2 Å². The Morgan fingerprint density at radius 1 is 0.875 bits per heavy atom. The first kappa shape index (κ1) is 28.2. The molecule has 0 spiro atoms. The summed E-state index contributed by atoms with van der Waals surface area (Å²) >= 11 is 0. The molecule has 0 aromatic heterocycles. The molecule has 5 rings (SSSR count). The van der Waals surface area contributed by atoms with Gasteiger partial charge in [0.15, 0.2) is 0 Å². The lowest BCUT2D eigenvalue weighted by atomic mass is 10.0. The van der Waals surface area contributed by atoms with Crippen molar-refractivity contribution < 1.29 is 23.1 Å². The Kier molecular flexibility index (Phi) is 7.25. The molecule has 0 N–H and O–H groups in total. The number of piperidine rings is 1. The Morgan fingerprint density at radius 2 is 1.45 bits per heavy atom. The number of anilines is 1. The summed E-state index contributed by atoms with van der Waals surface area (Å²) in [4.78, 5) is 27.9. The quantitative estimate of drug-likeness (QED) is 0.281. The van der Waals surface area contributed by atoms with E-state index < -0.39 is 25.7 Å². The second-order valence-electron chi connectivity index (χ2n) is 12.9. The maximum absolute atomic E-state index is 15.0. The van der Waals surface area contributed by atoms with Crippen molar-refractivity contribution >= 4 is 36.3 Å². The molecule has 5 nitrogen and oxygen atoms in total. The van der Waals surface area contributed by atoms with E-state index in [0.717, 1.165) is 0 Å². The van der Waals surface area contributed by atoms with Crippen LogP contribution >= 0.6 is 0 Å². The van der Waals surface area contributed by atoms with Crippen LogP contribution in [-0.2, 0) is 14.0 Å². The predicted molar refractivity (Wildman–Crippen MR) is 158 cm³/mol. The van der Waals surface area contributed by atoms with Gasteiger partial charge in [-0.1, -0.05) is 81.4 Å². The highest BCUT2D eigenvalue weighted by Gasteiger charge is 2.58. The van der Waals surface area contributed by atoms with Crippen LogP contribution < -0.4 is 15.3 Å². The third-order valence-corrected chi connectivity index (χ3v) is 13.1. The molecule has 1 saturated carbocycles. The highest BCUT2D eigenvalue weighted by Crippen LogP contribution is 2.47. The molecule has 2 fully saturated rings. The van der Waals surface area contributed by atoms with Crippen molar-refractivity contribution in [2.75, 3.05) is 4.90 Å². The van der Waals surface area contributed by atoms with Crippen molar-refractivity contribution in [3.63, 3.8) is 0 Å². The number of rotatable bonds is 6. The van der Waals surface area contributed by atoms with Crippen LogP contribution in [0.3, 0.4) is 0 Å². The Hall–Kier alpha value is -3.29. The standard InChI is InChI=1S/C33H38FNO4Si/c1-32(2,3)38-31(37)26-18-17-22(20-28(26)34)35-23-19-27(30(35)36)29(21-23)39-40(33(4,5)6,24-13-9-7-10-14-24)25-15-11-8-12-16-25/h7-18,20,23,27,29H,19,21H2,1-6H3/t23-,27+,29+/m0/s1. The molecule has 1 aliphatic heterocycles. The number of esters is 1. The van der Waals surface area contributed by atoms with Crippen molar-refractivity contribution in [2.45, 2.75) is 77.2 Å². The lowest BCUT2D eigenvalue weighted by Crippen LogP contribution is -2.68. The van der Waals surface area contributed by atoms with Gasteiger partial charge < -0.3 is 14.1 Å². The number of nitrogens with zero attached hydrogens (tertiary/aromatic N) is 1. The number of carbonyl (C=O) groups excluding carboxylic acids is 2. The van der Waals surface area contributed by atoms with Crippen molar-refractivity contribution in [3.8, 4) is 0 Å². The van der Waals surface area contributed by atoms with Crippen LogP contribution in [0.1, 0.15) is 64.7 Å². The number of fused-ring (bicyclic) bond motifs is 2. The Bertz CT molecular complexity index is 1360. The van der Waals surface area contributed by atoms with Crippen molar-refractivity contribution in [1.82, 2.24) is 0 Å². The van der Waals surface area contributed by atoms with Crippen LogP contribution in [0.5, 0.6) is 0 Å². The molecule has 2 aliphatic rings. The van der Waals surface area contributed by atoms with E-state index in [0.29, 0.717) is 18.5 Å². The topological polar surface area (TPSA) is 55.8 Å². The Labute approximate surface area is 237 Å². The highest BCUT2D eigenvalue weighted by atomic mass is 28.4. The van der Waals surface area contributed by atoms with Gasteiger partial charge in [-0.25, -0.2) is 9.18 Å². The molecule has 0 unspecified atom stereocenters. The fraction of sp³-hybridized carbons (Fsp3) is 0.394. The van der Waals surface area contributed by atoms with Gasteiger partial charge in [-0.3, -0.25) is 4.79 Å². The van der Waals surface area contributed by atoms with Crippen LogP contribution in [0.25, 0.3) is 0 Å². The minimum atomic E-state index is -2.81. The summed E-state index contributed by atoms with van der Waals surface area (Å²) in [5.41, 5.74) is -0.401. The van der Waals surface area contributed by atoms with Gasteiger partial charge in [-0.2, -0.15) is 0 Å². The number of halogens is 1. The molecule has 1 heterocycles. The lowest BCUT2D eigenvalue weighted by Gasteiger charge is -2.46. The third kappa shape index (κ3) is 5.01. The monoisotopic (exact) mass is 559 g/mol. The molecule has 3 atom stereocenters. The second kappa shape index (κ2) is 10.3. The average Bonchev–Trinajstić information content (AvgIpc) is 3.44. The molecular weight excluding hydrogens is 521 g/mol. The molecule has 3 aromatic carbocycles. The van der Waals surface area contributed by atoms with E-state index in [4.69, 9.17) is 9.16 Å². The molecule has 0 radical (unpaired) electrons. The zero-order valence-corrected chi connectivity index (χ0v) is 25.1. The zero-order valence-electron chi connectivity index (χ0n) is 24.1. The Morgan fingerprint density at radius 3 is 1.93 bits per heavy atom. The largest absolute Gasteiger partial charge is 0.456 e. The van der Waals surface area contributed by atoms with Gasteiger partial charge in [0.05, 0.1) is 17.6 Å². The van der Waals surface area contributed by atoms with E-state index in [-0.39, 0.29) is 34.6 Å². The summed E-state index contributed by atoms with van der Waals surface area (Å²) in [6.45, 7) is 11.9. The number of hydrogen-bond acceptors (Lipinski definition) is 4. The smallest absolute Gasteiger partial charge is 0.341 e. The van der Waals surface area contributed by atoms with Gasteiger partial charge in [0.1, 0.15) is 11.4 Å². The first-order valence-corrected chi connectivity index (χ1v) is 15.9. The van der Waals surface area contributed by atoms with E-state index in [1.807, 2.05) is 12.1 Å². The van der Waals surface area contributed by atoms with Crippen LogP contribution in [0.2, 0.25) is 5.04 Å². The van der Waals surface area contributed by atoms with E-state index in [9.17, 15) is 9.59 Å². The van der Waals surface area contributed by atoms with Gasteiger partial charge in [-0.15, -0.1) is 0 Å². The third-order valence-electron chi connectivity index (χ3n) is 7.99. The van der Waals surface area contributed by atoms with E-state index in [1.54, 1.807) is 31.7 Å². The number of carbonyl (C=O) groups is 2. The zero-order chi connectivity index (χ0) is 28.9. The van der Waals surface area contributed by atoms with E-state index in [1.165, 1.54) is 22.5 Å². The van der Waals surface area contributed by atoms with Gasteiger partial charge in [0.25, 0.3) is 8.32 Å². The average molecular weight is 560 g/mol. The highest BCUT2D eigenvalue weighted by molar-refractivity contribution is 6.99. The SMILES string of the molecule is CC(C)(C)OC(=O)c1ccc(N2C(=O)[C@@H]3C[C@H]2C[C@H]3O[Si](c2ccccc2)(c2ccccc2)C(C)(C)C)cc1F. The van der Waals surface area contributed by atoms with Crippen molar-refractivity contribution in [1.29, 1.82) is 0 Å². The van der Waals surface area contributed by atoms with Crippen LogP contribution in [0.4, 0.5) is 10.1 Å². The lowest BCUT2D eigenvalue weighted by molar-refractivity contribution is -0.124. The van der Waals surface area contributed by atoms with Gasteiger partial charge >= 0.3 is 5.97 Å². The van der Waals surface area contributed by atoms with Gasteiger partial charge in [-0.05, 0) is 67.2 Å². The minimum Gasteiger partial charge on any atom is -0.456 e. The summed E-state index contributed by atoms with van der Waals surface area (Å²) in [7, 11) is -2.81. The minimum absolute atomic E-state index is 0.0522. The first-order chi connectivity index (χ1) is 18.8. The summed E-state index contributed by atoms with van der Waals surface area (Å²) in [6, 6.07) is 25.1. The molecule has 1 saturated heterocycles. The normalized spacial score (nSPS) is 21.1. The maximum Gasteiger partial charge on any atom is 0.341 e. The molecule has 40 heavy (non-hydrogen) atoms. The molecule has 2 bridgehead atoms. The fourth-order valence-electron chi connectivity index (χ4n) is 6.34. The molecule has 1 aliphatic carbocycles. The molecular formula is C33H38FNO4Si. The molecule has 3 aromatic rings. The molecule has 7 heteroatoms. The number of ether oxygens (including phenoxy) is 1. The summed E-state index contributed by atoms with van der Waals surface area (Å²) in [6.07, 6.45) is 1.11.